The summed E-state index contributed by atoms with van der Waals surface area (Å²) in [7, 11) is 0. The standard InChI is InChI=1S/C17H22N4O2/c1-14(23-15-5-3-2-4-6-15)13-22-17-16(19-7-8-20-17)21-11-9-18-10-12-21/h2-8,14,18H,9-13H2,1H3. The van der Waals surface area contributed by atoms with Crippen molar-refractivity contribution in [1.82, 2.24) is 15.3 Å². The van der Waals surface area contributed by atoms with Gasteiger partial charge in [-0.25, -0.2) is 9.97 Å². The fourth-order valence-electron chi connectivity index (χ4n) is 2.47. The van der Waals surface area contributed by atoms with Gasteiger partial charge in [0, 0.05) is 38.6 Å². The summed E-state index contributed by atoms with van der Waals surface area (Å²) >= 11 is 0. The van der Waals surface area contributed by atoms with Crippen LogP contribution >= 0.6 is 0 Å². The van der Waals surface area contributed by atoms with Crippen molar-refractivity contribution in [3.05, 3.63) is 42.7 Å². The van der Waals surface area contributed by atoms with E-state index in [-0.39, 0.29) is 6.10 Å². The largest absolute Gasteiger partial charge is 0.487 e. The Balaban J connectivity index is 1.59. The Bertz CT molecular complexity index is 603. The molecule has 0 saturated carbocycles. The minimum Gasteiger partial charge on any atom is -0.487 e. The van der Waals surface area contributed by atoms with Crippen LogP contribution < -0.4 is 19.7 Å². The topological polar surface area (TPSA) is 59.5 Å². The molecular formula is C17H22N4O2. The lowest BCUT2D eigenvalue weighted by Gasteiger charge is -2.29. The second-order valence-electron chi connectivity index (χ2n) is 5.47. The number of aromatic nitrogens is 2. The predicted molar refractivity (Wildman–Crippen MR) is 89.1 cm³/mol. The lowest BCUT2D eigenvalue weighted by molar-refractivity contribution is 0.140. The van der Waals surface area contributed by atoms with E-state index in [0.29, 0.717) is 12.5 Å². The highest BCUT2D eigenvalue weighted by Crippen LogP contribution is 2.23. The van der Waals surface area contributed by atoms with Gasteiger partial charge in [0.05, 0.1) is 0 Å². The monoisotopic (exact) mass is 314 g/mol. The molecule has 0 bridgehead atoms. The first-order chi connectivity index (χ1) is 11.3. The van der Waals surface area contributed by atoms with Crippen LogP contribution in [0.3, 0.4) is 0 Å². The fraction of sp³-hybridized carbons (Fsp3) is 0.412. The number of hydrogen-bond acceptors (Lipinski definition) is 6. The lowest BCUT2D eigenvalue weighted by Crippen LogP contribution is -2.44. The molecule has 23 heavy (non-hydrogen) atoms. The highest BCUT2D eigenvalue weighted by atomic mass is 16.5. The van der Waals surface area contributed by atoms with Crippen LogP contribution in [0.1, 0.15) is 6.92 Å². The van der Waals surface area contributed by atoms with Crippen LogP contribution in [0.4, 0.5) is 5.82 Å². The molecule has 0 spiro atoms. The third-order valence-corrected chi connectivity index (χ3v) is 3.60. The first-order valence-corrected chi connectivity index (χ1v) is 7.94. The molecule has 1 unspecified atom stereocenters. The molecular weight excluding hydrogens is 292 g/mol. The summed E-state index contributed by atoms with van der Waals surface area (Å²) in [5, 5.41) is 3.33. The van der Waals surface area contributed by atoms with Gasteiger partial charge < -0.3 is 19.7 Å². The van der Waals surface area contributed by atoms with E-state index in [1.807, 2.05) is 37.3 Å². The Morgan fingerprint density at radius 1 is 1.13 bits per heavy atom. The van der Waals surface area contributed by atoms with E-state index in [1.165, 1.54) is 0 Å². The molecule has 0 aliphatic carbocycles. The molecule has 1 fully saturated rings. The maximum Gasteiger partial charge on any atom is 0.257 e. The van der Waals surface area contributed by atoms with Gasteiger partial charge >= 0.3 is 0 Å². The second-order valence-corrected chi connectivity index (χ2v) is 5.47. The molecule has 2 heterocycles. The van der Waals surface area contributed by atoms with Crippen LogP contribution in [0.15, 0.2) is 42.7 Å². The van der Waals surface area contributed by atoms with E-state index in [1.54, 1.807) is 12.4 Å². The molecule has 1 saturated heterocycles. The summed E-state index contributed by atoms with van der Waals surface area (Å²) < 4.78 is 11.7. The molecule has 3 rings (SSSR count). The lowest BCUT2D eigenvalue weighted by atomic mass is 10.3. The van der Waals surface area contributed by atoms with Gasteiger partial charge in [-0.05, 0) is 19.1 Å². The SMILES string of the molecule is CC(COc1nccnc1N1CCNCC1)Oc1ccccc1. The van der Waals surface area contributed by atoms with Gasteiger partial charge in [-0.15, -0.1) is 0 Å². The van der Waals surface area contributed by atoms with Crippen LogP contribution in [0, 0.1) is 0 Å². The summed E-state index contributed by atoms with van der Waals surface area (Å²) in [6.45, 7) is 6.11. The van der Waals surface area contributed by atoms with Gasteiger partial charge in [0.1, 0.15) is 18.5 Å². The Hall–Kier alpha value is -2.34. The van der Waals surface area contributed by atoms with Gasteiger partial charge in [-0.3, -0.25) is 0 Å². The number of anilines is 1. The maximum absolute atomic E-state index is 5.86. The summed E-state index contributed by atoms with van der Waals surface area (Å²) in [5.74, 6) is 2.21. The van der Waals surface area contributed by atoms with Crippen molar-refractivity contribution in [2.75, 3.05) is 37.7 Å². The number of nitrogens with one attached hydrogen (secondary N) is 1. The van der Waals surface area contributed by atoms with E-state index in [9.17, 15) is 0 Å². The third-order valence-electron chi connectivity index (χ3n) is 3.60. The zero-order valence-electron chi connectivity index (χ0n) is 13.3. The van der Waals surface area contributed by atoms with Gasteiger partial charge in [-0.2, -0.15) is 0 Å². The van der Waals surface area contributed by atoms with Gasteiger partial charge in [-0.1, -0.05) is 18.2 Å². The average molecular weight is 314 g/mol. The minimum atomic E-state index is -0.0738. The molecule has 2 aromatic rings. The van der Waals surface area contributed by atoms with E-state index in [0.717, 1.165) is 37.7 Å². The van der Waals surface area contributed by atoms with Crippen molar-refractivity contribution < 1.29 is 9.47 Å². The molecule has 1 aromatic carbocycles. The Morgan fingerprint density at radius 3 is 2.65 bits per heavy atom. The Labute approximate surface area is 136 Å². The van der Waals surface area contributed by atoms with E-state index >= 15 is 0 Å². The molecule has 6 heteroatoms. The fourth-order valence-corrected chi connectivity index (χ4v) is 2.47. The van der Waals surface area contributed by atoms with Gasteiger partial charge in [0.2, 0.25) is 0 Å². The van der Waals surface area contributed by atoms with Gasteiger partial charge in [0.25, 0.3) is 5.88 Å². The molecule has 0 radical (unpaired) electrons. The van der Waals surface area contributed by atoms with E-state index in [2.05, 4.69) is 20.2 Å². The van der Waals surface area contributed by atoms with Crippen molar-refractivity contribution in [3.63, 3.8) is 0 Å². The zero-order valence-corrected chi connectivity index (χ0v) is 13.3. The first-order valence-electron chi connectivity index (χ1n) is 7.94. The maximum atomic E-state index is 5.86. The summed E-state index contributed by atoms with van der Waals surface area (Å²) in [5.41, 5.74) is 0. The molecule has 1 atom stereocenters. The second kappa shape index (κ2) is 7.78. The molecule has 0 amide bonds. The third kappa shape index (κ3) is 4.32. The van der Waals surface area contributed by atoms with Crippen molar-refractivity contribution in [1.29, 1.82) is 0 Å². The van der Waals surface area contributed by atoms with Gasteiger partial charge in [0.15, 0.2) is 5.82 Å². The molecule has 1 aliphatic rings. The predicted octanol–water partition coefficient (Wildman–Crippen LogP) is 1.73. The van der Waals surface area contributed by atoms with Crippen LogP contribution in [0.25, 0.3) is 0 Å². The van der Waals surface area contributed by atoms with E-state index < -0.39 is 0 Å². The number of ether oxygens (including phenoxy) is 2. The number of hydrogen-bond donors (Lipinski definition) is 1. The van der Waals surface area contributed by atoms with Crippen LogP contribution in [0.2, 0.25) is 0 Å². The molecule has 6 nitrogen and oxygen atoms in total. The molecule has 122 valence electrons. The van der Waals surface area contributed by atoms with Crippen molar-refractivity contribution in [2.24, 2.45) is 0 Å². The number of para-hydroxylation sites is 1. The van der Waals surface area contributed by atoms with Crippen molar-refractivity contribution in [2.45, 2.75) is 13.0 Å². The highest BCUT2D eigenvalue weighted by Gasteiger charge is 2.18. The molecule has 1 N–H and O–H groups in total. The number of nitrogens with zero attached hydrogens (tertiary/aromatic N) is 3. The number of rotatable bonds is 6. The normalized spacial score (nSPS) is 16.0. The minimum absolute atomic E-state index is 0.0738. The highest BCUT2D eigenvalue weighted by molar-refractivity contribution is 5.48. The number of piperazine rings is 1. The molecule has 1 aromatic heterocycles. The van der Waals surface area contributed by atoms with Crippen LogP contribution in [0.5, 0.6) is 11.6 Å². The summed E-state index contributed by atoms with van der Waals surface area (Å²) in [6.07, 6.45) is 3.29. The van der Waals surface area contributed by atoms with Crippen molar-refractivity contribution >= 4 is 5.82 Å². The van der Waals surface area contributed by atoms with Crippen LogP contribution in [-0.2, 0) is 0 Å². The summed E-state index contributed by atoms with van der Waals surface area (Å²) in [4.78, 5) is 11.0. The molecule has 1 aliphatic heterocycles. The quantitative estimate of drug-likeness (QED) is 0.876. The van der Waals surface area contributed by atoms with Crippen LogP contribution in [-0.4, -0.2) is 48.9 Å². The average Bonchev–Trinajstić information content (AvgIpc) is 2.62. The Kier molecular flexibility index (Phi) is 5.26. The summed E-state index contributed by atoms with van der Waals surface area (Å²) in [6, 6.07) is 9.74. The number of benzene rings is 1. The van der Waals surface area contributed by atoms with Crippen molar-refractivity contribution in [3.8, 4) is 11.6 Å². The first kappa shape index (κ1) is 15.6. The Morgan fingerprint density at radius 2 is 1.87 bits per heavy atom. The zero-order chi connectivity index (χ0) is 15.9. The van der Waals surface area contributed by atoms with E-state index in [4.69, 9.17) is 9.47 Å². The smallest absolute Gasteiger partial charge is 0.257 e.